The minimum atomic E-state index is -0.529. The first-order valence-electron chi connectivity index (χ1n) is 4.89. The van der Waals surface area contributed by atoms with Gasteiger partial charge >= 0.3 is 0 Å². The highest BCUT2D eigenvalue weighted by atomic mass is 16.7. The van der Waals surface area contributed by atoms with Gasteiger partial charge in [0.05, 0.1) is 12.1 Å². The van der Waals surface area contributed by atoms with Gasteiger partial charge in [-0.1, -0.05) is 0 Å². The summed E-state index contributed by atoms with van der Waals surface area (Å²) < 4.78 is 10.6. The molecule has 5 heteroatoms. The largest absolute Gasteiger partial charge is 0.390 e. The van der Waals surface area contributed by atoms with E-state index in [9.17, 15) is 5.11 Å². The van der Waals surface area contributed by atoms with Gasteiger partial charge in [0.2, 0.25) is 0 Å². The first-order chi connectivity index (χ1) is 6.60. The Bertz CT molecular complexity index is 179. The molecule has 4 N–H and O–H groups in total. The molecule has 0 aliphatic carbocycles. The first-order valence-corrected chi connectivity index (χ1v) is 4.89. The van der Waals surface area contributed by atoms with E-state index >= 15 is 0 Å². The molecule has 1 saturated heterocycles. The van der Waals surface area contributed by atoms with Crippen molar-refractivity contribution in [2.45, 2.75) is 43.9 Å². The van der Waals surface area contributed by atoms with Crippen LogP contribution in [0.1, 0.15) is 13.3 Å². The number of hydrogen-bond acceptors (Lipinski definition) is 5. The zero-order chi connectivity index (χ0) is 10.7. The summed E-state index contributed by atoms with van der Waals surface area (Å²) >= 11 is 0. The maximum absolute atomic E-state index is 9.75. The molecule has 84 valence electrons. The Labute approximate surface area is 84.6 Å². The summed E-state index contributed by atoms with van der Waals surface area (Å²) in [5.74, 6) is 0. The van der Waals surface area contributed by atoms with Gasteiger partial charge in [-0.15, -0.1) is 0 Å². The molecule has 0 aromatic rings. The van der Waals surface area contributed by atoms with Crippen molar-refractivity contribution in [3.8, 4) is 0 Å². The highest BCUT2D eigenvalue weighted by Crippen LogP contribution is 2.21. The minimum Gasteiger partial charge on any atom is -0.390 e. The molecule has 1 aliphatic rings. The summed E-state index contributed by atoms with van der Waals surface area (Å²) in [5.41, 5.74) is 5.75. The van der Waals surface area contributed by atoms with Crippen LogP contribution in [0, 0.1) is 0 Å². The fraction of sp³-hybridized carbons (Fsp3) is 1.00. The second kappa shape index (κ2) is 5.04. The second-order valence-electron chi connectivity index (χ2n) is 3.75. The number of likely N-dealkylation sites (N-methyl/N-ethyl adjacent to an activating group) is 1. The molecule has 0 bridgehead atoms. The number of methoxy groups -OCH3 is 1. The van der Waals surface area contributed by atoms with Crippen molar-refractivity contribution in [1.29, 1.82) is 0 Å². The Kier molecular flexibility index (Phi) is 4.28. The molecule has 0 aromatic heterocycles. The average molecular weight is 204 g/mol. The summed E-state index contributed by atoms with van der Waals surface area (Å²) in [4.78, 5) is 0. The fourth-order valence-corrected chi connectivity index (χ4v) is 1.72. The zero-order valence-corrected chi connectivity index (χ0v) is 8.93. The van der Waals surface area contributed by atoms with Gasteiger partial charge < -0.3 is 25.6 Å². The lowest BCUT2D eigenvalue weighted by Crippen LogP contribution is -2.57. The third kappa shape index (κ3) is 2.43. The predicted molar refractivity (Wildman–Crippen MR) is 52.8 cm³/mol. The van der Waals surface area contributed by atoms with Gasteiger partial charge in [0.15, 0.2) is 6.29 Å². The Balaban J connectivity index is 2.59. The molecule has 0 unspecified atom stereocenters. The van der Waals surface area contributed by atoms with Crippen LogP contribution in [0.5, 0.6) is 0 Å². The lowest BCUT2D eigenvalue weighted by atomic mass is 9.97. The maximum Gasteiger partial charge on any atom is 0.172 e. The van der Waals surface area contributed by atoms with Gasteiger partial charge in [0, 0.05) is 13.2 Å². The number of ether oxygens (including phenoxy) is 2. The van der Waals surface area contributed by atoms with Crippen molar-refractivity contribution in [1.82, 2.24) is 5.32 Å². The molecule has 1 rings (SSSR count). The Morgan fingerprint density at radius 2 is 2.29 bits per heavy atom. The van der Waals surface area contributed by atoms with Crippen LogP contribution in [0.2, 0.25) is 0 Å². The van der Waals surface area contributed by atoms with E-state index in [0.29, 0.717) is 6.42 Å². The van der Waals surface area contributed by atoms with E-state index in [-0.39, 0.29) is 18.2 Å². The lowest BCUT2D eigenvalue weighted by Gasteiger charge is -2.39. The number of nitrogens with two attached hydrogens (primary N) is 1. The summed E-state index contributed by atoms with van der Waals surface area (Å²) in [6.45, 7) is 1.96. The predicted octanol–water partition coefficient (Wildman–Crippen LogP) is -0.956. The minimum absolute atomic E-state index is 0.0788. The number of aliphatic hydroxyl groups is 1. The van der Waals surface area contributed by atoms with Crippen LogP contribution in [0.3, 0.4) is 0 Å². The number of aliphatic hydroxyl groups excluding tert-OH is 1. The maximum atomic E-state index is 9.75. The van der Waals surface area contributed by atoms with Crippen molar-refractivity contribution in [3.63, 3.8) is 0 Å². The van der Waals surface area contributed by atoms with Gasteiger partial charge in [-0.25, -0.2) is 0 Å². The van der Waals surface area contributed by atoms with E-state index < -0.39 is 12.4 Å². The van der Waals surface area contributed by atoms with E-state index in [1.165, 1.54) is 0 Å². The van der Waals surface area contributed by atoms with Crippen LogP contribution in [0.4, 0.5) is 0 Å². The van der Waals surface area contributed by atoms with Crippen LogP contribution in [0.25, 0.3) is 0 Å². The molecule has 0 spiro atoms. The van der Waals surface area contributed by atoms with Crippen LogP contribution in [0.15, 0.2) is 0 Å². The van der Waals surface area contributed by atoms with Crippen LogP contribution in [-0.4, -0.2) is 49.8 Å². The van der Waals surface area contributed by atoms with E-state index in [1.54, 1.807) is 7.11 Å². The van der Waals surface area contributed by atoms with E-state index in [1.807, 2.05) is 14.0 Å². The third-order valence-electron chi connectivity index (χ3n) is 2.71. The summed E-state index contributed by atoms with van der Waals surface area (Å²) in [6, 6.07) is -0.176. The van der Waals surface area contributed by atoms with Crippen LogP contribution in [-0.2, 0) is 9.47 Å². The summed E-state index contributed by atoms with van der Waals surface area (Å²) in [5, 5.41) is 12.8. The lowest BCUT2D eigenvalue weighted by molar-refractivity contribution is -0.225. The Morgan fingerprint density at radius 1 is 1.64 bits per heavy atom. The standard InChI is InChI=1S/C9H20N2O3/c1-5(11-2)8-7(12)4-6(10)9(13-3)14-8/h5-9,11-12H,4,10H2,1-3H3/t5-,6-,7+,8-,9+/m1/s1. The number of hydrogen-bond donors (Lipinski definition) is 3. The summed E-state index contributed by atoms with van der Waals surface area (Å²) in [6.07, 6.45) is -0.697. The number of rotatable bonds is 3. The first kappa shape index (κ1) is 11.9. The smallest absolute Gasteiger partial charge is 0.172 e. The molecule has 14 heavy (non-hydrogen) atoms. The summed E-state index contributed by atoms with van der Waals surface area (Å²) in [7, 11) is 3.39. The molecule has 0 saturated carbocycles. The molecule has 0 amide bonds. The fourth-order valence-electron chi connectivity index (χ4n) is 1.72. The van der Waals surface area contributed by atoms with Crippen molar-refractivity contribution in [2.75, 3.05) is 14.2 Å². The average Bonchev–Trinajstić information content (AvgIpc) is 2.17. The molecule has 0 aromatic carbocycles. The third-order valence-corrected chi connectivity index (χ3v) is 2.71. The molecular weight excluding hydrogens is 184 g/mol. The van der Waals surface area contributed by atoms with Crippen molar-refractivity contribution < 1.29 is 14.6 Å². The highest BCUT2D eigenvalue weighted by molar-refractivity contribution is 4.88. The molecule has 1 aliphatic heterocycles. The quantitative estimate of drug-likeness (QED) is 0.552. The normalized spacial score (nSPS) is 40.9. The van der Waals surface area contributed by atoms with Gasteiger partial charge in [-0.2, -0.15) is 0 Å². The molecule has 5 atom stereocenters. The zero-order valence-electron chi connectivity index (χ0n) is 8.93. The molecule has 5 nitrogen and oxygen atoms in total. The Morgan fingerprint density at radius 3 is 2.79 bits per heavy atom. The van der Waals surface area contributed by atoms with Crippen molar-refractivity contribution in [3.05, 3.63) is 0 Å². The van der Waals surface area contributed by atoms with Gasteiger partial charge in [-0.3, -0.25) is 0 Å². The second-order valence-corrected chi connectivity index (χ2v) is 3.75. The Hall–Kier alpha value is -0.200. The molecule has 0 radical (unpaired) electrons. The molecule has 1 fully saturated rings. The van der Waals surface area contributed by atoms with Crippen LogP contribution < -0.4 is 11.1 Å². The SMILES string of the molecule is CN[C@H](C)[C@H]1O[C@H](OC)[C@H](N)C[C@@H]1O. The van der Waals surface area contributed by atoms with Gasteiger partial charge in [0.1, 0.15) is 6.10 Å². The van der Waals surface area contributed by atoms with Crippen molar-refractivity contribution >= 4 is 0 Å². The van der Waals surface area contributed by atoms with E-state index in [2.05, 4.69) is 5.32 Å². The van der Waals surface area contributed by atoms with Gasteiger partial charge in [0.25, 0.3) is 0 Å². The molecule has 1 heterocycles. The van der Waals surface area contributed by atoms with Crippen LogP contribution >= 0.6 is 0 Å². The monoisotopic (exact) mass is 204 g/mol. The topological polar surface area (TPSA) is 76.7 Å². The van der Waals surface area contributed by atoms with E-state index in [4.69, 9.17) is 15.2 Å². The highest BCUT2D eigenvalue weighted by Gasteiger charge is 2.37. The van der Waals surface area contributed by atoms with E-state index in [0.717, 1.165) is 0 Å². The number of nitrogens with one attached hydrogen (secondary N) is 1. The van der Waals surface area contributed by atoms with Gasteiger partial charge in [-0.05, 0) is 20.4 Å². The van der Waals surface area contributed by atoms with Crippen molar-refractivity contribution in [2.24, 2.45) is 5.73 Å². The molecular formula is C9H20N2O3.